The molecule has 35 heavy (non-hydrogen) atoms. The Balaban J connectivity index is 1.85. The van der Waals surface area contributed by atoms with Crippen LogP contribution >= 0.6 is 11.6 Å². The summed E-state index contributed by atoms with van der Waals surface area (Å²) in [7, 11) is 0. The molecular weight excluding hydrogens is 479 g/mol. The predicted molar refractivity (Wildman–Crippen MR) is 132 cm³/mol. The summed E-state index contributed by atoms with van der Waals surface area (Å²) in [6.45, 7) is 4.58. The van der Waals surface area contributed by atoms with Crippen LogP contribution in [0.4, 0.5) is 18.9 Å². The van der Waals surface area contributed by atoms with E-state index in [0.717, 1.165) is 24.1 Å². The van der Waals surface area contributed by atoms with Gasteiger partial charge in [-0.25, -0.2) is 0 Å². The molecule has 3 aromatic carbocycles. The molecule has 0 spiro atoms. The highest BCUT2D eigenvalue weighted by Crippen LogP contribution is 2.30. The number of hydrogen-bond acceptors (Lipinski definition) is 4. The minimum Gasteiger partial charge on any atom is -0.457 e. The van der Waals surface area contributed by atoms with Crippen LogP contribution in [-0.4, -0.2) is 24.1 Å². The molecule has 3 rings (SSSR count). The Bertz CT molecular complexity index is 1110. The third-order valence-electron chi connectivity index (χ3n) is 5.38. The maximum Gasteiger partial charge on any atom is 0.573 e. The monoisotopic (exact) mass is 507 g/mol. The summed E-state index contributed by atoms with van der Waals surface area (Å²) in [6, 6.07) is 18.7. The van der Waals surface area contributed by atoms with Crippen molar-refractivity contribution in [1.82, 2.24) is 0 Å². The predicted octanol–water partition coefficient (Wildman–Crippen LogP) is 7.76. The van der Waals surface area contributed by atoms with Crippen LogP contribution in [0.25, 0.3) is 0 Å². The maximum absolute atomic E-state index is 12.7. The lowest BCUT2D eigenvalue weighted by Crippen LogP contribution is -2.32. The van der Waals surface area contributed by atoms with Gasteiger partial charge in [0.05, 0.1) is 6.10 Å². The highest BCUT2D eigenvalue weighted by atomic mass is 35.5. The van der Waals surface area contributed by atoms with Gasteiger partial charge < -0.3 is 19.5 Å². The molecule has 188 valence electrons. The molecule has 0 saturated heterocycles. The van der Waals surface area contributed by atoms with Gasteiger partial charge in [-0.05, 0) is 66.4 Å². The van der Waals surface area contributed by atoms with E-state index >= 15 is 0 Å². The molecule has 8 heteroatoms. The lowest BCUT2D eigenvalue weighted by Gasteiger charge is -2.28. The number of halogens is 4. The standard InChI is InChI=1S/C27H29ClF3NO3/c1-3-7-22(33)18-32(17-19-8-5-11-25(14-19)35-27(29,30)31)21-9-6-10-23(16-21)34-24-12-13-26(28)20(4-2)15-24/h5-6,8-16,22,33H,3-4,7,17-18H2,1-2H3. The average molecular weight is 508 g/mol. The summed E-state index contributed by atoms with van der Waals surface area (Å²) in [4.78, 5) is 1.92. The molecule has 0 aromatic heterocycles. The molecule has 0 fully saturated rings. The summed E-state index contributed by atoms with van der Waals surface area (Å²) in [6.07, 6.45) is -3.17. The SMILES string of the molecule is CCCC(O)CN(Cc1cccc(OC(F)(F)F)c1)c1cccc(Oc2ccc(Cl)c(CC)c2)c1. The Labute approximate surface area is 208 Å². The quantitative estimate of drug-likeness (QED) is 0.288. The van der Waals surface area contributed by atoms with Gasteiger partial charge in [0.1, 0.15) is 17.2 Å². The molecule has 1 unspecified atom stereocenters. The van der Waals surface area contributed by atoms with Crippen LogP contribution in [-0.2, 0) is 13.0 Å². The average Bonchev–Trinajstić information content (AvgIpc) is 2.79. The smallest absolute Gasteiger partial charge is 0.457 e. The fourth-order valence-corrected chi connectivity index (χ4v) is 4.02. The molecule has 4 nitrogen and oxygen atoms in total. The Kier molecular flexibility index (Phi) is 9.29. The van der Waals surface area contributed by atoms with Crippen LogP contribution in [0.5, 0.6) is 17.2 Å². The summed E-state index contributed by atoms with van der Waals surface area (Å²) in [5.41, 5.74) is 2.36. The Morgan fingerprint density at radius 3 is 2.37 bits per heavy atom. The Hall–Kier alpha value is -2.90. The number of aliphatic hydroxyl groups is 1. The first kappa shape index (κ1) is 26.7. The molecule has 0 aliphatic heterocycles. The normalized spacial score (nSPS) is 12.3. The van der Waals surface area contributed by atoms with Crippen molar-refractivity contribution in [3.63, 3.8) is 0 Å². The van der Waals surface area contributed by atoms with Gasteiger partial charge in [0, 0.05) is 29.9 Å². The van der Waals surface area contributed by atoms with Crippen molar-refractivity contribution in [1.29, 1.82) is 0 Å². The van der Waals surface area contributed by atoms with Crippen LogP contribution in [0.2, 0.25) is 5.02 Å². The zero-order valence-electron chi connectivity index (χ0n) is 19.7. The second kappa shape index (κ2) is 12.2. The van der Waals surface area contributed by atoms with Gasteiger partial charge >= 0.3 is 6.36 Å². The van der Waals surface area contributed by atoms with Crippen molar-refractivity contribution in [3.8, 4) is 17.2 Å². The van der Waals surface area contributed by atoms with E-state index in [1.54, 1.807) is 18.2 Å². The van der Waals surface area contributed by atoms with Gasteiger partial charge in [0.25, 0.3) is 0 Å². The molecule has 0 saturated carbocycles. The van der Waals surface area contributed by atoms with Gasteiger partial charge in [-0.3, -0.25) is 0 Å². The van der Waals surface area contributed by atoms with E-state index in [1.165, 1.54) is 18.2 Å². The first-order valence-electron chi connectivity index (χ1n) is 11.5. The van der Waals surface area contributed by atoms with E-state index in [4.69, 9.17) is 16.3 Å². The largest absolute Gasteiger partial charge is 0.573 e. The molecule has 0 radical (unpaired) electrons. The number of hydrogen-bond donors (Lipinski definition) is 1. The lowest BCUT2D eigenvalue weighted by molar-refractivity contribution is -0.274. The fourth-order valence-electron chi connectivity index (χ4n) is 3.77. The lowest BCUT2D eigenvalue weighted by atomic mass is 10.1. The van der Waals surface area contributed by atoms with E-state index < -0.39 is 12.5 Å². The highest BCUT2D eigenvalue weighted by molar-refractivity contribution is 6.31. The van der Waals surface area contributed by atoms with E-state index in [1.807, 2.05) is 49.1 Å². The first-order chi connectivity index (χ1) is 16.7. The van der Waals surface area contributed by atoms with Crippen molar-refractivity contribution in [3.05, 3.63) is 82.9 Å². The topological polar surface area (TPSA) is 41.9 Å². The molecule has 0 aliphatic rings. The van der Waals surface area contributed by atoms with Gasteiger partial charge in [0.15, 0.2) is 0 Å². The van der Waals surface area contributed by atoms with Crippen LogP contribution in [0, 0.1) is 0 Å². The number of rotatable bonds is 11. The van der Waals surface area contributed by atoms with Crippen LogP contribution in [0.15, 0.2) is 66.7 Å². The van der Waals surface area contributed by atoms with Crippen molar-refractivity contribution in [2.45, 2.75) is 52.1 Å². The van der Waals surface area contributed by atoms with Gasteiger partial charge in [-0.15, -0.1) is 13.2 Å². The molecule has 0 bridgehead atoms. The number of aryl methyl sites for hydroxylation is 1. The van der Waals surface area contributed by atoms with Crippen molar-refractivity contribution in [2.24, 2.45) is 0 Å². The van der Waals surface area contributed by atoms with Crippen LogP contribution < -0.4 is 14.4 Å². The third kappa shape index (κ3) is 8.37. The maximum atomic E-state index is 12.7. The summed E-state index contributed by atoms with van der Waals surface area (Å²) in [5.74, 6) is 0.963. The molecule has 0 amide bonds. The number of alkyl halides is 3. The molecule has 0 heterocycles. The summed E-state index contributed by atoms with van der Waals surface area (Å²) >= 11 is 6.21. The van der Waals surface area contributed by atoms with Crippen LogP contribution in [0.1, 0.15) is 37.8 Å². The third-order valence-corrected chi connectivity index (χ3v) is 5.74. The zero-order chi connectivity index (χ0) is 25.4. The number of ether oxygens (including phenoxy) is 2. The van der Waals surface area contributed by atoms with Gasteiger partial charge in [-0.2, -0.15) is 0 Å². The number of benzene rings is 3. The first-order valence-corrected chi connectivity index (χ1v) is 11.9. The minimum atomic E-state index is -4.76. The van der Waals surface area contributed by atoms with E-state index in [0.29, 0.717) is 35.1 Å². The molecule has 3 aromatic rings. The minimum absolute atomic E-state index is 0.278. The zero-order valence-corrected chi connectivity index (χ0v) is 20.4. The number of nitrogens with zero attached hydrogens (tertiary/aromatic N) is 1. The Morgan fingerprint density at radius 2 is 1.66 bits per heavy atom. The van der Waals surface area contributed by atoms with Crippen molar-refractivity contribution in [2.75, 3.05) is 11.4 Å². The Morgan fingerprint density at radius 1 is 0.943 bits per heavy atom. The number of anilines is 1. The molecule has 1 atom stereocenters. The van der Waals surface area contributed by atoms with E-state index in [2.05, 4.69) is 4.74 Å². The van der Waals surface area contributed by atoms with Gasteiger partial charge in [-0.1, -0.05) is 50.1 Å². The molecule has 1 N–H and O–H groups in total. The van der Waals surface area contributed by atoms with Crippen LogP contribution in [0.3, 0.4) is 0 Å². The van der Waals surface area contributed by atoms with E-state index in [9.17, 15) is 18.3 Å². The second-order valence-corrected chi connectivity index (χ2v) is 8.63. The number of aliphatic hydroxyl groups excluding tert-OH is 1. The summed E-state index contributed by atoms with van der Waals surface area (Å²) in [5, 5.41) is 11.2. The second-order valence-electron chi connectivity index (χ2n) is 8.22. The molecular formula is C27H29ClF3NO3. The van der Waals surface area contributed by atoms with Crippen molar-refractivity contribution < 1.29 is 27.8 Å². The highest BCUT2D eigenvalue weighted by Gasteiger charge is 2.31. The van der Waals surface area contributed by atoms with E-state index in [-0.39, 0.29) is 12.3 Å². The fraction of sp³-hybridized carbons (Fsp3) is 0.333. The van der Waals surface area contributed by atoms with Gasteiger partial charge in [0.2, 0.25) is 0 Å². The molecule has 0 aliphatic carbocycles. The van der Waals surface area contributed by atoms with Crippen molar-refractivity contribution >= 4 is 17.3 Å². The summed E-state index contributed by atoms with van der Waals surface area (Å²) < 4.78 is 48.1.